The van der Waals surface area contributed by atoms with Crippen molar-refractivity contribution < 1.29 is 19.1 Å². The van der Waals surface area contributed by atoms with Crippen LogP contribution in [0.15, 0.2) is 23.2 Å². The van der Waals surface area contributed by atoms with Crippen molar-refractivity contribution in [1.82, 2.24) is 5.32 Å². The van der Waals surface area contributed by atoms with Crippen molar-refractivity contribution in [2.75, 3.05) is 19.5 Å². The van der Waals surface area contributed by atoms with Crippen molar-refractivity contribution in [2.24, 2.45) is 10.7 Å². The van der Waals surface area contributed by atoms with E-state index in [4.69, 9.17) is 20.6 Å². The summed E-state index contributed by atoms with van der Waals surface area (Å²) in [5.74, 6) is -0.0661. The van der Waals surface area contributed by atoms with Gasteiger partial charge in [-0.25, -0.2) is 0 Å². The number of nitrogens with zero attached hydrogens (tertiary/aromatic N) is 1. The van der Waals surface area contributed by atoms with Crippen LogP contribution in [0.2, 0.25) is 0 Å². The molecule has 1 saturated heterocycles. The fraction of sp³-hybridized carbons (Fsp3) is 0.286. The Bertz CT molecular complexity index is 706. The summed E-state index contributed by atoms with van der Waals surface area (Å²) in [5.41, 5.74) is 5.63. The maximum absolute atomic E-state index is 12.2. The Kier molecular flexibility index (Phi) is 5.64. The van der Waals surface area contributed by atoms with Crippen LogP contribution in [0.4, 0.5) is 5.69 Å². The molecule has 0 aromatic heterocycles. The van der Waals surface area contributed by atoms with Gasteiger partial charge < -0.3 is 25.8 Å². The van der Waals surface area contributed by atoms with Crippen molar-refractivity contribution in [1.29, 1.82) is 5.41 Å². The van der Waals surface area contributed by atoms with Gasteiger partial charge in [0.05, 0.1) is 19.9 Å². The molecular weight excluding hydrogens is 334 g/mol. The highest BCUT2D eigenvalue weighted by Gasteiger charge is 2.32. The van der Waals surface area contributed by atoms with Gasteiger partial charge in [-0.2, -0.15) is 4.99 Å². The molecule has 5 N–H and O–H groups in total. The third-order valence-corrected chi connectivity index (χ3v) is 4.13. The Morgan fingerprint density at radius 1 is 1.46 bits per heavy atom. The maximum atomic E-state index is 12.2. The van der Waals surface area contributed by atoms with E-state index in [-0.39, 0.29) is 23.4 Å². The Hall–Kier alpha value is -2.75. The first kappa shape index (κ1) is 17.6. The largest absolute Gasteiger partial charge is 0.497 e. The quantitative estimate of drug-likeness (QED) is 0.450. The van der Waals surface area contributed by atoms with Gasteiger partial charge in [-0.15, -0.1) is 0 Å². The molecule has 1 aromatic rings. The molecule has 0 radical (unpaired) electrons. The molecule has 0 bridgehead atoms. The predicted octanol–water partition coefficient (Wildman–Crippen LogP) is 0.513. The van der Waals surface area contributed by atoms with Crippen LogP contribution in [0.5, 0.6) is 11.5 Å². The summed E-state index contributed by atoms with van der Waals surface area (Å²) in [6.07, 6.45) is -0.0530. The van der Waals surface area contributed by atoms with Crippen LogP contribution in [-0.4, -0.2) is 42.4 Å². The molecular formula is C14H17N5O4S. The van der Waals surface area contributed by atoms with E-state index in [0.717, 1.165) is 11.8 Å². The van der Waals surface area contributed by atoms with Crippen LogP contribution >= 0.6 is 11.8 Å². The normalized spacial score (nSPS) is 18.2. The van der Waals surface area contributed by atoms with Gasteiger partial charge in [-0.3, -0.25) is 15.0 Å². The molecule has 1 aliphatic rings. The van der Waals surface area contributed by atoms with Crippen molar-refractivity contribution in [2.45, 2.75) is 11.7 Å². The Balaban J connectivity index is 2.01. The Labute approximate surface area is 142 Å². The van der Waals surface area contributed by atoms with Crippen molar-refractivity contribution in [3.05, 3.63) is 18.2 Å². The van der Waals surface area contributed by atoms with Crippen molar-refractivity contribution in [3.63, 3.8) is 0 Å². The molecule has 10 heteroatoms. The van der Waals surface area contributed by atoms with E-state index >= 15 is 0 Å². The van der Waals surface area contributed by atoms with Crippen LogP contribution in [0.3, 0.4) is 0 Å². The van der Waals surface area contributed by atoms with Gasteiger partial charge >= 0.3 is 0 Å². The molecule has 0 spiro atoms. The standard InChI is InChI=1S/C14H17N5O4S/c1-22-7-3-4-8(9(5-7)23-2)17-11(20)6-10-12(21)18-14(24-10)19-13(15)16/h3-5,10H,6H2,1-2H3,(H,17,20)(H4,15,16,18,19,21). The molecule has 1 heterocycles. The van der Waals surface area contributed by atoms with E-state index in [9.17, 15) is 9.59 Å². The zero-order valence-corrected chi connectivity index (χ0v) is 13.9. The number of hydrogen-bond donors (Lipinski definition) is 4. The number of aliphatic imine (C=N–C) groups is 1. The lowest BCUT2D eigenvalue weighted by Crippen LogP contribution is -2.28. The van der Waals surface area contributed by atoms with Crippen LogP contribution in [-0.2, 0) is 9.59 Å². The molecule has 128 valence electrons. The average molecular weight is 351 g/mol. The number of thioether (sulfide) groups is 1. The number of nitrogens with two attached hydrogens (primary N) is 1. The highest BCUT2D eigenvalue weighted by molar-refractivity contribution is 8.15. The van der Waals surface area contributed by atoms with E-state index in [1.807, 2.05) is 0 Å². The Morgan fingerprint density at radius 2 is 2.21 bits per heavy atom. The summed E-state index contributed by atoms with van der Waals surface area (Å²) in [6, 6.07) is 4.98. The number of rotatable bonds is 5. The first-order valence-corrected chi connectivity index (χ1v) is 7.73. The van der Waals surface area contributed by atoms with Crippen LogP contribution in [0, 0.1) is 5.41 Å². The van der Waals surface area contributed by atoms with Gasteiger partial charge in [0.25, 0.3) is 0 Å². The molecule has 0 aliphatic carbocycles. The number of carbonyl (C=O) groups excluding carboxylic acids is 2. The van der Waals surface area contributed by atoms with Crippen LogP contribution in [0.25, 0.3) is 0 Å². The molecule has 24 heavy (non-hydrogen) atoms. The summed E-state index contributed by atoms with van der Waals surface area (Å²) in [6.45, 7) is 0. The number of guanidine groups is 1. The second-order valence-electron chi connectivity index (χ2n) is 4.72. The van der Waals surface area contributed by atoms with E-state index < -0.39 is 11.2 Å². The van der Waals surface area contributed by atoms with E-state index in [2.05, 4.69) is 15.6 Å². The number of anilines is 1. The number of methoxy groups -OCH3 is 2. The zero-order chi connectivity index (χ0) is 17.7. The lowest BCUT2D eigenvalue weighted by Gasteiger charge is -2.12. The number of amidine groups is 1. The van der Waals surface area contributed by atoms with Crippen molar-refractivity contribution >= 4 is 40.4 Å². The summed E-state index contributed by atoms with van der Waals surface area (Å²) in [5, 5.41) is 11.8. The highest BCUT2D eigenvalue weighted by Crippen LogP contribution is 2.30. The van der Waals surface area contributed by atoms with E-state index in [0.29, 0.717) is 17.2 Å². The molecule has 2 amide bonds. The number of carbonyl (C=O) groups is 2. The molecule has 1 fully saturated rings. The molecule has 0 saturated carbocycles. The first-order chi connectivity index (χ1) is 11.4. The van der Waals surface area contributed by atoms with E-state index in [1.165, 1.54) is 14.2 Å². The summed E-state index contributed by atoms with van der Waals surface area (Å²) in [7, 11) is 3.01. The second-order valence-corrected chi connectivity index (χ2v) is 5.91. The molecule has 2 rings (SSSR count). The molecule has 1 atom stereocenters. The SMILES string of the molecule is COc1ccc(NC(=O)CC2SC(=NC(=N)N)NC2=O)c(OC)c1. The van der Waals surface area contributed by atoms with Gasteiger partial charge in [0.15, 0.2) is 5.17 Å². The number of ether oxygens (including phenoxy) is 2. The third kappa shape index (κ3) is 4.38. The third-order valence-electron chi connectivity index (χ3n) is 3.05. The van der Waals surface area contributed by atoms with Gasteiger partial charge in [0, 0.05) is 12.5 Å². The van der Waals surface area contributed by atoms with Crippen molar-refractivity contribution in [3.8, 4) is 11.5 Å². The monoisotopic (exact) mass is 351 g/mol. The van der Waals surface area contributed by atoms with Gasteiger partial charge in [0.1, 0.15) is 16.7 Å². The van der Waals surface area contributed by atoms with E-state index in [1.54, 1.807) is 18.2 Å². The predicted molar refractivity (Wildman–Crippen MR) is 91.7 cm³/mol. The second kappa shape index (κ2) is 7.68. The minimum absolute atomic E-state index is 0.0530. The molecule has 9 nitrogen and oxygen atoms in total. The number of amides is 2. The molecule has 1 unspecified atom stereocenters. The highest BCUT2D eigenvalue weighted by atomic mass is 32.2. The minimum Gasteiger partial charge on any atom is -0.497 e. The van der Waals surface area contributed by atoms with Gasteiger partial charge in [-0.1, -0.05) is 11.8 Å². The first-order valence-electron chi connectivity index (χ1n) is 6.85. The van der Waals surface area contributed by atoms with Crippen LogP contribution in [0.1, 0.15) is 6.42 Å². The summed E-state index contributed by atoms with van der Waals surface area (Å²) >= 11 is 1.06. The molecule has 1 aliphatic heterocycles. The smallest absolute Gasteiger partial charge is 0.240 e. The van der Waals surface area contributed by atoms with Gasteiger partial charge in [-0.05, 0) is 12.1 Å². The Morgan fingerprint density at radius 3 is 2.83 bits per heavy atom. The minimum atomic E-state index is -0.632. The molecule has 1 aromatic carbocycles. The lowest BCUT2D eigenvalue weighted by atomic mass is 10.2. The summed E-state index contributed by atoms with van der Waals surface area (Å²) < 4.78 is 10.3. The number of hydrogen-bond acceptors (Lipinski definition) is 6. The average Bonchev–Trinajstić information content (AvgIpc) is 2.86. The lowest BCUT2D eigenvalue weighted by molar-refractivity contribution is -0.122. The van der Waals surface area contributed by atoms with Crippen LogP contribution < -0.4 is 25.8 Å². The number of benzene rings is 1. The van der Waals surface area contributed by atoms with Gasteiger partial charge in [0.2, 0.25) is 17.8 Å². The zero-order valence-electron chi connectivity index (χ0n) is 13.1. The number of nitrogens with one attached hydrogen (secondary N) is 3. The maximum Gasteiger partial charge on any atom is 0.240 e. The fourth-order valence-electron chi connectivity index (χ4n) is 1.97. The fourth-order valence-corrected chi connectivity index (χ4v) is 2.95. The summed E-state index contributed by atoms with van der Waals surface area (Å²) in [4.78, 5) is 27.6. The topological polar surface area (TPSA) is 139 Å².